The van der Waals surface area contributed by atoms with E-state index in [-0.39, 0.29) is 12.5 Å². The fraction of sp³-hybridized carbons (Fsp3) is 0.294. The van der Waals surface area contributed by atoms with E-state index in [1.54, 1.807) is 24.3 Å². The van der Waals surface area contributed by atoms with E-state index in [9.17, 15) is 9.90 Å². The Kier molecular flexibility index (Phi) is 5.32. The van der Waals surface area contributed by atoms with Gasteiger partial charge in [0.25, 0.3) is 5.91 Å². The largest absolute Gasteiger partial charge is 0.396 e. The molecule has 0 aliphatic rings. The highest BCUT2D eigenvalue weighted by Gasteiger charge is 2.16. The van der Waals surface area contributed by atoms with Crippen molar-refractivity contribution >= 4 is 22.9 Å². The normalized spacial score (nSPS) is 12.2. The molecule has 130 valence electrons. The molecule has 3 N–H and O–H groups in total. The molecule has 3 rings (SSSR count). The highest BCUT2D eigenvalue weighted by molar-refractivity contribution is 6.06. The van der Waals surface area contributed by atoms with Gasteiger partial charge in [-0.1, -0.05) is 18.2 Å². The van der Waals surface area contributed by atoms with Crippen molar-refractivity contribution in [3.05, 3.63) is 48.5 Å². The number of fused-ring (bicyclic) bond motifs is 1. The molecule has 0 fully saturated rings. The van der Waals surface area contributed by atoms with Crippen molar-refractivity contribution in [2.75, 3.05) is 11.9 Å². The van der Waals surface area contributed by atoms with E-state index in [2.05, 4.69) is 20.3 Å². The van der Waals surface area contributed by atoms with Crippen LogP contribution in [-0.4, -0.2) is 42.2 Å². The van der Waals surface area contributed by atoms with E-state index >= 15 is 0 Å². The van der Waals surface area contributed by atoms with Crippen molar-refractivity contribution in [1.29, 1.82) is 0 Å². The molecule has 0 aliphatic heterocycles. The van der Waals surface area contributed by atoms with Crippen molar-refractivity contribution in [1.82, 2.24) is 19.5 Å². The minimum Gasteiger partial charge on any atom is -0.396 e. The summed E-state index contributed by atoms with van der Waals surface area (Å²) in [5.41, 5.74) is 1.36. The average molecular weight is 341 g/mol. The maximum Gasteiger partial charge on any atom is 0.256 e. The van der Waals surface area contributed by atoms with Crippen LogP contribution in [0.25, 0.3) is 11.2 Å². The summed E-state index contributed by atoms with van der Waals surface area (Å²) in [6.07, 6.45) is 3.77. The Morgan fingerprint density at radius 3 is 2.72 bits per heavy atom. The monoisotopic (exact) mass is 341 g/mol. The number of nitrogens with one attached hydrogen (secondary N) is 1. The van der Waals surface area contributed by atoms with Gasteiger partial charge in [0.15, 0.2) is 17.0 Å². The number of carbonyl (C=O) groups is 1. The molecule has 3 aromatic rings. The van der Waals surface area contributed by atoms with Gasteiger partial charge in [-0.3, -0.25) is 9.36 Å². The summed E-state index contributed by atoms with van der Waals surface area (Å²) < 4.78 is 1.53. The van der Waals surface area contributed by atoms with E-state index in [1.165, 1.54) is 17.2 Å². The summed E-state index contributed by atoms with van der Waals surface area (Å²) in [6.45, 7) is 0.0925. The van der Waals surface area contributed by atoms with Gasteiger partial charge in [-0.2, -0.15) is 0 Å². The molecule has 0 saturated heterocycles. The molecule has 2 heterocycles. The topological polar surface area (TPSA) is 113 Å². The Morgan fingerprint density at radius 2 is 1.96 bits per heavy atom. The number of aliphatic hydroxyl groups is 2. The predicted molar refractivity (Wildman–Crippen MR) is 91.9 cm³/mol. The smallest absolute Gasteiger partial charge is 0.256 e. The molecule has 25 heavy (non-hydrogen) atoms. The molecule has 2 aromatic heterocycles. The van der Waals surface area contributed by atoms with Gasteiger partial charge < -0.3 is 15.5 Å². The molecule has 0 bridgehead atoms. The number of hydrogen-bond acceptors (Lipinski definition) is 6. The van der Waals surface area contributed by atoms with E-state index in [0.29, 0.717) is 41.8 Å². The number of rotatable bonds is 7. The fourth-order valence-corrected chi connectivity index (χ4v) is 2.51. The first-order chi connectivity index (χ1) is 12.2. The number of aromatic nitrogens is 4. The Bertz CT molecular complexity index is 850. The predicted octanol–water partition coefficient (Wildman–Crippen LogP) is 1.73. The highest BCUT2D eigenvalue weighted by Crippen LogP contribution is 2.22. The van der Waals surface area contributed by atoms with Crippen molar-refractivity contribution < 1.29 is 15.0 Å². The SMILES string of the molecule is O=C(Nc1ncnc2c1ncn2[C@H](O)CCCCO)c1ccccc1. The second-order valence-electron chi connectivity index (χ2n) is 5.57. The maximum atomic E-state index is 12.3. The Balaban J connectivity index is 1.82. The van der Waals surface area contributed by atoms with Crippen LogP contribution in [0, 0.1) is 0 Å². The number of hydrogen-bond donors (Lipinski definition) is 3. The molecule has 0 saturated carbocycles. The number of imidazole rings is 1. The fourth-order valence-electron chi connectivity index (χ4n) is 2.51. The minimum absolute atomic E-state index is 0.0925. The summed E-state index contributed by atoms with van der Waals surface area (Å²) in [5.74, 6) is -0.00111. The first-order valence-corrected chi connectivity index (χ1v) is 8.03. The highest BCUT2D eigenvalue weighted by atomic mass is 16.3. The molecule has 0 spiro atoms. The number of benzene rings is 1. The molecule has 1 amide bonds. The lowest BCUT2D eigenvalue weighted by Gasteiger charge is -2.12. The van der Waals surface area contributed by atoms with E-state index < -0.39 is 6.23 Å². The zero-order valence-electron chi connectivity index (χ0n) is 13.5. The first kappa shape index (κ1) is 17.0. The van der Waals surface area contributed by atoms with Crippen LogP contribution in [0.5, 0.6) is 0 Å². The first-order valence-electron chi connectivity index (χ1n) is 8.03. The van der Waals surface area contributed by atoms with Gasteiger partial charge in [0.2, 0.25) is 0 Å². The standard InChI is InChI=1S/C17H19N5O3/c23-9-5-4-8-13(24)22-11-20-14-15(18-10-19-16(14)22)21-17(25)12-6-2-1-3-7-12/h1-3,6-7,10-11,13,23-24H,4-5,8-9H2,(H,18,19,21,25)/t13-/m1/s1. The molecule has 8 heteroatoms. The summed E-state index contributed by atoms with van der Waals surface area (Å²) in [4.78, 5) is 24.8. The number of carbonyl (C=O) groups excluding carboxylic acids is 1. The van der Waals surface area contributed by atoms with Crippen LogP contribution in [0.1, 0.15) is 35.8 Å². The van der Waals surface area contributed by atoms with Crippen molar-refractivity contribution in [3.63, 3.8) is 0 Å². The third kappa shape index (κ3) is 3.81. The summed E-state index contributed by atoms with van der Waals surface area (Å²) in [6, 6.07) is 8.80. The van der Waals surface area contributed by atoms with Crippen LogP contribution < -0.4 is 5.32 Å². The van der Waals surface area contributed by atoms with Gasteiger partial charge in [0.1, 0.15) is 12.6 Å². The van der Waals surface area contributed by atoms with Crippen molar-refractivity contribution in [3.8, 4) is 0 Å². The zero-order chi connectivity index (χ0) is 17.6. The van der Waals surface area contributed by atoms with Crippen LogP contribution in [-0.2, 0) is 0 Å². The number of nitrogens with zero attached hydrogens (tertiary/aromatic N) is 4. The molecule has 0 radical (unpaired) electrons. The Hall–Kier alpha value is -2.84. The van der Waals surface area contributed by atoms with Gasteiger partial charge in [-0.15, -0.1) is 0 Å². The van der Waals surface area contributed by atoms with E-state index in [4.69, 9.17) is 5.11 Å². The summed E-state index contributed by atoms with van der Waals surface area (Å²) >= 11 is 0. The minimum atomic E-state index is -0.802. The zero-order valence-corrected chi connectivity index (χ0v) is 13.5. The third-order valence-corrected chi connectivity index (χ3v) is 3.82. The van der Waals surface area contributed by atoms with Gasteiger partial charge >= 0.3 is 0 Å². The number of anilines is 1. The van der Waals surface area contributed by atoms with Crippen LogP contribution in [0.2, 0.25) is 0 Å². The maximum absolute atomic E-state index is 12.3. The van der Waals surface area contributed by atoms with Crippen LogP contribution in [0.15, 0.2) is 43.0 Å². The van der Waals surface area contributed by atoms with Gasteiger partial charge in [0, 0.05) is 12.2 Å². The van der Waals surface area contributed by atoms with Crippen LogP contribution in [0.3, 0.4) is 0 Å². The van der Waals surface area contributed by atoms with Gasteiger partial charge in [-0.25, -0.2) is 15.0 Å². The molecule has 0 unspecified atom stereocenters. The Morgan fingerprint density at radius 1 is 1.16 bits per heavy atom. The molecule has 8 nitrogen and oxygen atoms in total. The van der Waals surface area contributed by atoms with Gasteiger partial charge in [-0.05, 0) is 31.4 Å². The van der Waals surface area contributed by atoms with E-state index in [1.807, 2.05) is 6.07 Å². The summed E-state index contributed by atoms with van der Waals surface area (Å²) in [7, 11) is 0. The molecule has 1 atom stereocenters. The lowest BCUT2D eigenvalue weighted by atomic mass is 10.2. The molecule has 0 aliphatic carbocycles. The molecular formula is C17H19N5O3. The number of unbranched alkanes of at least 4 members (excludes halogenated alkanes) is 1. The second-order valence-corrected chi connectivity index (χ2v) is 5.57. The van der Waals surface area contributed by atoms with Crippen LogP contribution in [0.4, 0.5) is 5.82 Å². The van der Waals surface area contributed by atoms with Crippen molar-refractivity contribution in [2.24, 2.45) is 0 Å². The number of aliphatic hydroxyl groups excluding tert-OH is 2. The number of amides is 1. The van der Waals surface area contributed by atoms with Gasteiger partial charge in [0.05, 0.1) is 6.33 Å². The average Bonchev–Trinajstić information content (AvgIpc) is 3.08. The van der Waals surface area contributed by atoms with Crippen LogP contribution >= 0.6 is 0 Å². The third-order valence-electron chi connectivity index (χ3n) is 3.82. The molecular weight excluding hydrogens is 322 g/mol. The lowest BCUT2D eigenvalue weighted by molar-refractivity contribution is 0.0930. The summed E-state index contributed by atoms with van der Waals surface area (Å²) in [5, 5.41) is 21.8. The van der Waals surface area contributed by atoms with E-state index in [0.717, 1.165) is 0 Å². The molecule has 1 aromatic carbocycles. The second kappa shape index (κ2) is 7.82. The van der Waals surface area contributed by atoms with Crippen molar-refractivity contribution in [2.45, 2.75) is 25.5 Å². The quantitative estimate of drug-likeness (QED) is 0.564. The Labute approximate surface area is 144 Å². The lowest BCUT2D eigenvalue weighted by Crippen LogP contribution is -2.13.